The Kier molecular flexibility index (Phi) is 3.99. The van der Waals surface area contributed by atoms with Gasteiger partial charge in [0.25, 0.3) is 0 Å². The smallest absolute Gasteiger partial charge is 0.0913 e. The van der Waals surface area contributed by atoms with Gasteiger partial charge >= 0.3 is 0 Å². The number of aliphatic hydroxyl groups is 1. The molecule has 0 spiro atoms. The molecule has 2 rings (SSSR count). The lowest BCUT2D eigenvalue weighted by molar-refractivity contribution is -0.0473. The fourth-order valence-corrected chi connectivity index (χ4v) is 2.89. The van der Waals surface area contributed by atoms with Gasteiger partial charge in [0.2, 0.25) is 0 Å². The van der Waals surface area contributed by atoms with Crippen molar-refractivity contribution in [1.82, 2.24) is 0 Å². The van der Waals surface area contributed by atoms with Gasteiger partial charge in [-0.25, -0.2) is 0 Å². The number of benzene rings is 1. The molecule has 2 nitrogen and oxygen atoms in total. The molecule has 0 amide bonds. The molecule has 4 heteroatoms. The van der Waals surface area contributed by atoms with Crippen molar-refractivity contribution in [3.63, 3.8) is 0 Å². The first-order chi connectivity index (χ1) is 8.05. The lowest BCUT2D eigenvalue weighted by atomic mass is 9.78. The van der Waals surface area contributed by atoms with Gasteiger partial charge in [-0.15, -0.1) is 0 Å². The van der Waals surface area contributed by atoms with Crippen molar-refractivity contribution >= 4 is 23.2 Å². The predicted molar refractivity (Wildman–Crippen MR) is 69.6 cm³/mol. The van der Waals surface area contributed by atoms with Crippen LogP contribution in [0, 0.1) is 0 Å². The number of hydrogen-bond acceptors (Lipinski definition) is 2. The van der Waals surface area contributed by atoms with Crippen LogP contribution in [0.4, 0.5) is 0 Å². The molecule has 17 heavy (non-hydrogen) atoms. The van der Waals surface area contributed by atoms with Crippen molar-refractivity contribution in [1.29, 1.82) is 0 Å². The summed E-state index contributed by atoms with van der Waals surface area (Å²) in [4.78, 5) is 0. The molecular formula is C13H16Cl2O2. The van der Waals surface area contributed by atoms with Crippen LogP contribution in [0.5, 0.6) is 0 Å². The molecule has 0 aliphatic heterocycles. The predicted octanol–water partition coefficient (Wildman–Crippen LogP) is 3.77. The summed E-state index contributed by atoms with van der Waals surface area (Å²) >= 11 is 12.1. The van der Waals surface area contributed by atoms with Crippen molar-refractivity contribution in [3.05, 3.63) is 33.8 Å². The van der Waals surface area contributed by atoms with Crippen LogP contribution in [0.2, 0.25) is 10.0 Å². The second kappa shape index (κ2) is 5.15. The van der Waals surface area contributed by atoms with E-state index in [0.717, 1.165) is 18.4 Å². The minimum Gasteiger partial charge on any atom is -0.385 e. The number of ether oxygens (including phenoxy) is 1. The van der Waals surface area contributed by atoms with Crippen molar-refractivity contribution in [3.8, 4) is 0 Å². The Hall–Kier alpha value is -0.280. The highest BCUT2D eigenvalue weighted by atomic mass is 35.5. The third kappa shape index (κ3) is 2.76. The largest absolute Gasteiger partial charge is 0.385 e. The van der Waals surface area contributed by atoms with Gasteiger partial charge in [0.05, 0.1) is 11.7 Å². The molecule has 0 atom stereocenters. The van der Waals surface area contributed by atoms with E-state index in [-0.39, 0.29) is 6.10 Å². The monoisotopic (exact) mass is 274 g/mol. The van der Waals surface area contributed by atoms with Gasteiger partial charge in [0, 0.05) is 22.7 Å². The van der Waals surface area contributed by atoms with Gasteiger partial charge in [-0.3, -0.25) is 0 Å². The first-order valence-electron chi connectivity index (χ1n) is 5.76. The highest BCUT2D eigenvalue weighted by Gasteiger charge is 2.36. The van der Waals surface area contributed by atoms with Gasteiger partial charge in [-0.1, -0.05) is 23.2 Å². The van der Waals surface area contributed by atoms with Crippen molar-refractivity contribution < 1.29 is 9.84 Å². The van der Waals surface area contributed by atoms with E-state index in [2.05, 4.69) is 0 Å². The second-order valence-electron chi connectivity index (χ2n) is 4.59. The summed E-state index contributed by atoms with van der Waals surface area (Å²) in [6, 6.07) is 5.23. The molecule has 1 aliphatic carbocycles. The topological polar surface area (TPSA) is 29.5 Å². The van der Waals surface area contributed by atoms with Crippen LogP contribution >= 0.6 is 23.2 Å². The fourth-order valence-electron chi connectivity index (χ4n) is 2.43. The summed E-state index contributed by atoms with van der Waals surface area (Å²) in [6.45, 7) is 0. The number of rotatable bonds is 2. The summed E-state index contributed by atoms with van der Waals surface area (Å²) in [7, 11) is 1.71. The zero-order chi connectivity index (χ0) is 12.5. The lowest BCUT2D eigenvalue weighted by Crippen LogP contribution is -2.34. The first kappa shape index (κ1) is 13.2. The third-order valence-corrected chi connectivity index (χ3v) is 4.09. The molecular weight excluding hydrogens is 259 g/mol. The Bertz CT molecular complexity index is 398. The summed E-state index contributed by atoms with van der Waals surface area (Å²) in [5.74, 6) is 0. The Morgan fingerprint density at radius 2 is 1.94 bits per heavy atom. The van der Waals surface area contributed by atoms with E-state index in [4.69, 9.17) is 27.9 Å². The summed E-state index contributed by atoms with van der Waals surface area (Å²) in [5, 5.41) is 11.8. The van der Waals surface area contributed by atoms with E-state index < -0.39 is 5.60 Å². The van der Waals surface area contributed by atoms with E-state index >= 15 is 0 Å². The van der Waals surface area contributed by atoms with E-state index in [1.54, 1.807) is 25.3 Å². The van der Waals surface area contributed by atoms with Crippen molar-refractivity contribution in [2.75, 3.05) is 7.11 Å². The molecule has 0 unspecified atom stereocenters. The van der Waals surface area contributed by atoms with E-state index in [1.165, 1.54) is 0 Å². The van der Waals surface area contributed by atoms with Crippen LogP contribution in [-0.4, -0.2) is 18.3 Å². The Balaban J connectivity index is 2.24. The maximum Gasteiger partial charge on any atom is 0.0913 e. The molecule has 1 aromatic rings. The standard InChI is InChI=1S/C13H16Cl2O2/c1-17-10-4-6-13(16,7-5-10)11-8-9(14)2-3-12(11)15/h2-3,8,10,16H,4-7H2,1H3. The van der Waals surface area contributed by atoms with E-state index in [9.17, 15) is 5.11 Å². The zero-order valence-electron chi connectivity index (χ0n) is 9.75. The molecule has 1 saturated carbocycles. The summed E-state index contributed by atoms with van der Waals surface area (Å²) in [6.07, 6.45) is 3.25. The normalized spacial score (nSPS) is 29.3. The minimum absolute atomic E-state index is 0.244. The summed E-state index contributed by atoms with van der Waals surface area (Å²) < 4.78 is 5.30. The fraction of sp³-hybridized carbons (Fsp3) is 0.538. The van der Waals surface area contributed by atoms with Crippen molar-refractivity contribution in [2.45, 2.75) is 37.4 Å². The number of methoxy groups -OCH3 is 1. The van der Waals surface area contributed by atoms with Crippen LogP contribution in [0.15, 0.2) is 18.2 Å². The summed E-state index contributed by atoms with van der Waals surface area (Å²) in [5.41, 5.74) is -0.127. The van der Waals surface area contributed by atoms with Gasteiger partial charge < -0.3 is 9.84 Å². The molecule has 1 fully saturated rings. The average molecular weight is 275 g/mol. The molecule has 0 heterocycles. The van der Waals surface area contributed by atoms with Crippen molar-refractivity contribution in [2.24, 2.45) is 0 Å². The SMILES string of the molecule is COC1CCC(O)(c2cc(Cl)ccc2Cl)CC1. The minimum atomic E-state index is -0.864. The molecule has 0 bridgehead atoms. The molecule has 1 N–H and O–H groups in total. The highest BCUT2D eigenvalue weighted by molar-refractivity contribution is 6.33. The molecule has 0 saturated heterocycles. The van der Waals surface area contributed by atoms with Crippen LogP contribution < -0.4 is 0 Å². The van der Waals surface area contributed by atoms with Gasteiger partial charge in [0.1, 0.15) is 0 Å². The molecule has 94 valence electrons. The molecule has 1 aliphatic rings. The maximum absolute atomic E-state index is 10.7. The molecule has 0 radical (unpaired) electrons. The van der Waals surface area contributed by atoms with Crippen LogP contribution in [0.25, 0.3) is 0 Å². The van der Waals surface area contributed by atoms with Crippen LogP contribution in [0.3, 0.4) is 0 Å². The Labute approximate surface area is 111 Å². The average Bonchev–Trinajstić information content (AvgIpc) is 2.33. The van der Waals surface area contributed by atoms with Gasteiger partial charge in [0.15, 0.2) is 0 Å². The first-order valence-corrected chi connectivity index (χ1v) is 6.51. The van der Waals surface area contributed by atoms with Gasteiger partial charge in [-0.2, -0.15) is 0 Å². The highest BCUT2D eigenvalue weighted by Crippen LogP contribution is 2.41. The molecule has 1 aromatic carbocycles. The Morgan fingerprint density at radius 3 is 2.53 bits per heavy atom. The van der Waals surface area contributed by atoms with Crippen LogP contribution in [-0.2, 0) is 10.3 Å². The van der Waals surface area contributed by atoms with Gasteiger partial charge in [-0.05, 0) is 43.9 Å². The van der Waals surface area contributed by atoms with E-state index in [0.29, 0.717) is 22.9 Å². The number of hydrogen-bond donors (Lipinski definition) is 1. The maximum atomic E-state index is 10.7. The quantitative estimate of drug-likeness (QED) is 0.890. The third-order valence-electron chi connectivity index (χ3n) is 3.52. The van der Waals surface area contributed by atoms with E-state index in [1.807, 2.05) is 0 Å². The van der Waals surface area contributed by atoms with Crippen LogP contribution in [0.1, 0.15) is 31.2 Å². The molecule has 0 aromatic heterocycles. The Morgan fingerprint density at radius 1 is 1.29 bits per heavy atom. The second-order valence-corrected chi connectivity index (χ2v) is 5.43. The number of halogens is 2. The zero-order valence-corrected chi connectivity index (χ0v) is 11.3. The lowest BCUT2D eigenvalue weighted by Gasteiger charge is -2.36.